The van der Waals surface area contributed by atoms with E-state index in [1.807, 2.05) is 54.6 Å². The van der Waals surface area contributed by atoms with E-state index in [1.165, 1.54) is 16.5 Å². The van der Waals surface area contributed by atoms with Crippen molar-refractivity contribution in [3.8, 4) is 0 Å². The van der Waals surface area contributed by atoms with Gasteiger partial charge in [-0.1, -0.05) is 54.6 Å². The van der Waals surface area contributed by atoms with Crippen molar-refractivity contribution in [1.82, 2.24) is 19.9 Å². The van der Waals surface area contributed by atoms with E-state index in [2.05, 4.69) is 66.3 Å². The molecule has 0 spiro atoms. The number of hydrogen-bond donors (Lipinski definition) is 0. The minimum atomic E-state index is 0.950. The molecule has 7 rings (SSSR count). The van der Waals surface area contributed by atoms with E-state index in [4.69, 9.17) is 9.97 Å². The monoisotopic (exact) mass is 438 g/mol. The van der Waals surface area contributed by atoms with Gasteiger partial charge in [0.25, 0.3) is 0 Å². The van der Waals surface area contributed by atoms with Crippen molar-refractivity contribution < 1.29 is 0 Å². The average Bonchev–Trinajstić information content (AvgIpc) is 2.87. The van der Waals surface area contributed by atoms with E-state index < -0.39 is 0 Å². The van der Waals surface area contributed by atoms with Crippen molar-refractivity contribution in [2.45, 2.75) is 13.8 Å². The van der Waals surface area contributed by atoms with Gasteiger partial charge < -0.3 is 0 Å². The number of hydrogen-bond acceptors (Lipinski definition) is 4. The zero-order valence-electron chi connectivity index (χ0n) is 19.0. The van der Waals surface area contributed by atoms with Crippen molar-refractivity contribution >= 4 is 54.9 Å². The standard InChI is InChI=1S/C18H14N2.C12H8N2/c1-11-9-16-17(10-12(11)2)20-18-14-6-4-3-5-13(14)7-8-15(18)19-16;1-2-6-10-9(5-1)13-11-7-3-4-8-12(11)14-10/h3-10H,1-2H3;1-8H. The molecule has 4 heteroatoms. The zero-order chi connectivity index (χ0) is 23.1. The summed E-state index contributed by atoms with van der Waals surface area (Å²) in [6.45, 7) is 4.23. The van der Waals surface area contributed by atoms with Crippen LogP contribution in [0.3, 0.4) is 0 Å². The fourth-order valence-corrected chi connectivity index (χ4v) is 4.23. The highest BCUT2D eigenvalue weighted by Crippen LogP contribution is 2.25. The number of aromatic nitrogens is 4. The Morgan fingerprint density at radius 1 is 0.412 bits per heavy atom. The second-order valence-electron chi connectivity index (χ2n) is 8.50. The number of benzene rings is 5. The van der Waals surface area contributed by atoms with Crippen molar-refractivity contribution in [2.75, 3.05) is 0 Å². The van der Waals surface area contributed by atoms with Gasteiger partial charge in [-0.05, 0) is 72.8 Å². The molecule has 0 saturated carbocycles. The summed E-state index contributed by atoms with van der Waals surface area (Å²) in [5, 5.41) is 2.37. The van der Waals surface area contributed by atoms with Crippen LogP contribution in [0.2, 0.25) is 0 Å². The quantitative estimate of drug-likeness (QED) is 0.184. The summed E-state index contributed by atoms with van der Waals surface area (Å²) in [5.74, 6) is 0. The van der Waals surface area contributed by atoms with Gasteiger partial charge in [-0.25, -0.2) is 19.9 Å². The Bertz CT molecular complexity index is 1730. The second kappa shape index (κ2) is 8.16. The summed E-state index contributed by atoms with van der Waals surface area (Å²) >= 11 is 0. The Kier molecular flexibility index (Phi) is 4.84. The maximum atomic E-state index is 4.85. The molecular formula is C30H22N4. The molecule has 0 saturated heterocycles. The Morgan fingerprint density at radius 2 is 0.882 bits per heavy atom. The van der Waals surface area contributed by atoms with Gasteiger partial charge in [-0.2, -0.15) is 0 Å². The van der Waals surface area contributed by atoms with Crippen molar-refractivity contribution in [3.63, 3.8) is 0 Å². The molecule has 2 aromatic heterocycles. The molecule has 34 heavy (non-hydrogen) atoms. The average molecular weight is 439 g/mol. The maximum absolute atomic E-state index is 4.85. The Hall–Kier alpha value is -4.44. The van der Waals surface area contributed by atoms with Crippen LogP contribution in [0, 0.1) is 13.8 Å². The first-order valence-corrected chi connectivity index (χ1v) is 11.3. The van der Waals surface area contributed by atoms with Crippen LogP contribution in [0.4, 0.5) is 0 Å². The SMILES string of the molecule is Cc1cc2nc3ccc4ccccc4c3nc2cc1C.c1ccc2nc3ccccc3nc2c1. The lowest BCUT2D eigenvalue weighted by Gasteiger charge is -2.07. The third-order valence-electron chi connectivity index (χ3n) is 6.19. The first-order chi connectivity index (χ1) is 16.7. The Balaban J connectivity index is 0.000000136. The molecule has 0 fully saturated rings. The van der Waals surface area contributed by atoms with Crippen molar-refractivity contribution in [3.05, 3.63) is 108 Å². The number of rotatable bonds is 0. The van der Waals surface area contributed by atoms with Crippen molar-refractivity contribution in [2.24, 2.45) is 0 Å². The highest BCUT2D eigenvalue weighted by molar-refractivity contribution is 6.05. The van der Waals surface area contributed by atoms with Gasteiger partial charge in [0, 0.05) is 5.39 Å². The normalized spacial score (nSPS) is 11.2. The molecule has 0 radical (unpaired) electrons. The van der Waals surface area contributed by atoms with Crippen LogP contribution >= 0.6 is 0 Å². The van der Waals surface area contributed by atoms with E-state index >= 15 is 0 Å². The Labute approximate surface area is 197 Å². The molecule has 0 aliphatic carbocycles. The molecule has 0 aliphatic rings. The van der Waals surface area contributed by atoms with Gasteiger partial charge >= 0.3 is 0 Å². The molecule has 0 N–H and O–H groups in total. The Morgan fingerprint density at radius 3 is 1.47 bits per heavy atom. The van der Waals surface area contributed by atoms with Crippen LogP contribution in [-0.2, 0) is 0 Å². The summed E-state index contributed by atoms with van der Waals surface area (Å²) < 4.78 is 0. The number of nitrogens with zero attached hydrogens (tertiary/aromatic N) is 4. The predicted molar refractivity (Wildman–Crippen MR) is 141 cm³/mol. The largest absolute Gasteiger partial charge is 0.245 e. The predicted octanol–water partition coefficient (Wildman–Crippen LogP) is 7.34. The van der Waals surface area contributed by atoms with Crippen LogP contribution in [0.25, 0.3) is 54.9 Å². The fourth-order valence-electron chi connectivity index (χ4n) is 4.23. The van der Waals surface area contributed by atoms with E-state index in [0.717, 1.165) is 49.5 Å². The van der Waals surface area contributed by atoms with Gasteiger partial charge in [0.05, 0.1) is 44.1 Å². The fraction of sp³-hybridized carbons (Fsp3) is 0.0667. The third kappa shape index (κ3) is 3.59. The first-order valence-electron chi connectivity index (χ1n) is 11.3. The molecule has 0 amide bonds. The van der Waals surface area contributed by atoms with Crippen LogP contribution in [-0.4, -0.2) is 19.9 Å². The smallest absolute Gasteiger partial charge is 0.0972 e. The lowest BCUT2D eigenvalue weighted by atomic mass is 10.1. The topological polar surface area (TPSA) is 51.6 Å². The molecule has 5 aromatic carbocycles. The van der Waals surface area contributed by atoms with Crippen LogP contribution in [0.1, 0.15) is 11.1 Å². The molecule has 162 valence electrons. The summed E-state index contributed by atoms with van der Waals surface area (Å²) in [5.41, 5.74) is 10.2. The molecule has 0 bridgehead atoms. The van der Waals surface area contributed by atoms with E-state index in [9.17, 15) is 0 Å². The molecule has 0 atom stereocenters. The summed E-state index contributed by atoms with van der Waals surface area (Å²) in [6, 6.07) is 32.6. The lowest BCUT2D eigenvalue weighted by Crippen LogP contribution is -1.91. The lowest BCUT2D eigenvalue weighted by molar-refractivity contribution is 1.32. The van der Waals surface area contributed by atoms with Gasteiger partial charge in [0.15, 0.2) is 0 Å². The highest BCUT2D eigenvalue weighted by Gasteiger charge is 2.07. The molecule has 0 aliphatic heterocycles. The summed E-state index contributed by atoms with van der Waals surface area (Å²) in [4.78, 5) is 18.6. The van der Waals surface area contributed by atoms with Crippen molar-refractivity contribution in [1.29, 1.82) is 0 Å². The molecule has 0 unspecified atom stereocenters. The van der Waals surface area contributed by atoms with Gasteiger partial charge in [0.2, 0.25) is 0 Å². The first kappa shape index (κ1) is 20.2. The number of para-hydroxylation sites is 4. The minimum Gasteiger partial charge on any atom is -0.245 e. The van der Waals surface area contributed by atoms with E-state index in [0.29, 0.717) is 0 Å². The maximum Gasteiger partial charge on any atom is 0.0972 e. The molecule has 7 aromatic rings. The third-order valence-corrected chi connectivity index (χ3v) is 6.19. The minimum absolute atomic E-state index is 0.950. The summed E-state index contributed by atoms with van der Waals surface area (Å²) in [6.07, 6.45) is 0. The summed E-state index contributed by atoms with van der Waals surface area (Å²) in [7, 11) is 0. The highest BCUT2D eigenvalue weighted by atomic mass is 14.8. The number of fused-ring (bicyclic) bond motifs is 6. The zero-order valence-corrected chi connectivity index (χ0v) is 19.0. The van der Waals surface area contributed by atoms with Gasteiger partial charge in [-0.3, -0.25) is 0 Å². The molecular weight excluding hydrogens is 416 g/mol. The van der Waals surface area contributed by atoms with E-state index in [1.54, 1.807) is 0 Å². The molecule has 4 nitrogen and oxygen atoms in total. The number of aryl methyl sites for hydroxylation is 2. The van der Waals surface area contributed by atoms with Gasteiger partial charge in [0.1, 0.15) is 0 Å². The second-order valence-corrected chi connectivity index (χ2v) is 8.50. The van der Waals surface area contributed by atoms with Gasteiger partial charge in [-0.15, -0.1) is 0 Å². The van der Waals surface area contributed by atoms with Crippen LogP contribution in [0.5, 0.6) is 0 Å². The van der Waals surface area contributed by atoms with Crippen LogP contribution < -0.4 is 0 Å². The van der Waals surface area contributed by atoms with Crippen LogP contribution in [0.15, 0.2) is 97.1 Å². The van der Waals surface area contributed by atoms with E-state index in [-0.39, 0.29) is 0 Å². The molecule has 2 heterocycles.